The van der Waals surface area contributed by atoms with Crippen LogP contribution in [-0.2, 0) is 22.7 Å². The van der Waals surface area contributed by atoms with Crippen LogP contribution in [-0.4, -0.2) is 49.6 Å². The summed E-state index contributed by atoms with van der Waals surface area (Å²) in [6.45, 7) is 1.92. The van der Waals surface area contributed by atoms with Crippen LogP contribution in [0.1, 0.15) is 17.5 Å². The summed E-state index contributed by atoms with van der Waals surface area (Å²) in [4.78, 5) is 1.92. The van der Waals surface area contributed by atoms with Crippen molar-refractivity contribution in [2.45, 2.75) is 25.2 Å². The van der Waals surface area contributed by atoms with Crippen LogP contribution < -0.4 is 0 Å². The fourth-order valence-electron chi connectivity index (χ4n) is 3.51. The third kappa shape index (κ3) is 3.39. The van der Waals surface area contributed by atoms with Crippen LogP contribution in [0.25, 0.3) is 0 Å². The number of piperidine rings is 1. The molecule has 1 aromatic rings. The zero-order chi connectivity index (χ0) is 16.8. The summed E-state index contributed by atoms with van der Waals surface area (Å²) in [6.07, 6.45) is -2.36. The highest BCUT2D eigenvalue weighted by Gasteiger charge is 2.46. The first-order chi connectivity index (χ1) is 10.7. The number of sulfonamides is 1. The summed E-state index contributed by atoms with van der Waals surface area (Å²) in [7, 11) is -3.24. The molecular weight excluding hydrogens is 329 g/mol. The number of hydrogen-bond acceptors (Lipinski definition) is 3. The molecule has 0 saturated carbocycles. The number of likely N-dealkylation sites (tertiary alicyclic amines) is 1. The topological polar surface area (TPSA) is 40.6 Å². The Bertz CT molecular complexity index is 690. The Kier molecular flexibility index (Phi) is 4.18. The number of halogens is 3. The Morgan fingerprint density at radius 3 is 2.57 bits per heavy atom. The van der Waals surface area contributed by atoms with Crippen LogP contribution in [0.3, 0.4) is 0 Å². The zero-order valence-electron chi connectivity index (χ0n) is 12.8. The van der Waals surface area contributed by atoms with E-state index in [1.54, 1.807) is 6.07 Å². The fraction of sp³-hybridized carbons (Fsp3) is 0.600. The highest BCUT2D eigenvalue weighted by Crippen LogP contribution is 2.36. The molecule has 2 fully saturated rings. The van der Waals surface area contributed by atoms with E-state index >= 15 is 0 Å². The second-order valence-corrected chi connectivity index (χ2v) is 8.27. The second-order valence-electron chi connectivity index (χ2n) is 6.34. The van der Waals surface area contributed by atoms with Crippen molar-refractivity contribution in [1.82, 2.24) is 9.21 Å². The van der Waals surface area contributed by atoms with Crippen LogP contribution in [0.4, 0.5) is 13.2 Å². The maximum absolute atomic E-state index is 13.1. The van der Waals surface area contributed by atoms with Crippen molar-refractivity contribution in [3.63, 3.8) is 0 Å². The largest absolute Gasteiger partial charge is 0.416 e. The smallest absolute Gasteiger partial charge is 0.297 e. The molecule has 4 nitrogen and oxygen atoms in total. The molecule has 1 aromatic carbocycles. The second kappa shape index (κ2) is 5.75. The van der Waals surface area contributed by atoms with Crippen molar-refractivity contribution in [3.8, 4) is 0 Å². The van der Waals surface area contributed by atoms with Gasteiger partial charge in [-0.05, 0) is 30.5 Å². The van der Waals surface area contributed by atoms with Crippen molar-refractivity contribution < 1.29 is 21.6 Å². The van der Waals surface area contributed by atoms with E-state index in [0.29, 0.717) is 25.6 Å². The molecule has 0 aliphatic carbocycles. The molecule has 0 unspecified atom stereocenters. The van der Waals surface area contributed by atoms with Gasteiger partial charge in [-0.15, -0.1) is 0 Å². The lowest BCUT2D eigenvalue weighted by molar-refractivity contribution is -0.138. The van der Waals surface area contributed by atoms with Gasteiger partial charge >= 0.3 is 6.18 Å². The van der Waals surface area contributed by atoms with E-state index in [9.17, 15) is 21.6 Å². The van der Waals surface area contributed by atoms with Gasteiger partial charge in [-0.3, -0.25) is 4.90 Å². The molecule has 0 radical (unpaired) electrons. The Morgan fingerprint density at radius 1 is 1.22 bits per heavy atom. The van der Waals surface area contributed by atoms with Crippen molar-refractivity contribution in [2.24, 2.45) is 5.92 Å². The fourth-order valence-corrected chi connectivity index (χ4v) is 4.71. The Hall–Kier alpha value is -1.12. The van der Waals surface area contributed by atoms with Crippen molar-refractivity contribution in [3.05, 3.63) is 35.4 Å². The average Bonchev–Trinajstić information content (AvgIpc) is 2.40. The molecule has 23 heavy (non-hydrogen) atoms. The summed E-state index contributed by atoms with van der Waals surface area (Å²) in [6, 6.07) is 5.47. The number of alkyl halides is 3. The monoisotopic (exact) mass is 348 g/mol. The lowest BCUT2D eigenvalue weighted by Gasteiger charge is -2.52. The highest BCUT2D eigenvalue weighted by atomic mass is 32.2. The maximum atomic E-state index is 13.1. The van der Waals surface area contributed by atoms with E-state index in [2.05, 4.69) is 0 Å². The van der Waals surface area contributed by atoms with Crippen LogP contribution in [0.5, 0.6) is 0 Å². The predicted molar refractivity (Wildman–Crippen MR) is 80.2 cm³/mol. The van der Waals surface area contributed by atoms with Gasteiger partial charge in [0, 0.05) is 25.7 Å². The molecule has 2 aliphatic rings. The van der Waals surface area contributed by atoms with Gasteiger partial charge in [0.05, 0.1) is 11.8 Å². The molecule has 0 spiro atoms. The average molecular weight is 348 g/mol. The number of benzene rings is 1. The van der Waals surface area contributed by atoms with Crippen LogP contribution in [0.15, 0.2) is 24.3 Å². The van der Waals surface area contributed by atoms with Crippen molar-refractivity contribution >= 4 is 10.0 Å². The molecule has 0 bridgehead atoms. The number of hydrogen-bond donors (Lipinski definition) is 0. The van der Waals surface area contributed by atoms with Gasteiger partial charge in [-0.25, -0.2) is 8.42 Å². The van der Waals surface area contributed by atoms with E-state index in [1.807, 2.05) is 4.90 Å². The SMILES string of the molecule is CS(=O)(=O)N1C[C@H]2CCN(Cc3ccccc3C(F)(F)F)C[C@H]21. The van der Waals surface area contributed by atoms with Crippen molar-refractivity contribution in [2.75, 3.05) is 25.9 Å². The van der Waals surface area contributed by atoms with Crippen LogP contribution in [0, 0.1) is 5.92 Å². The van der Waals surface area contributed by atoms with E-state index in [0.717, 1.165) is 12.5 Å². The summed E-state index contributed by atoms with van der Waals surface area (Å²) in [5, 5.41) is 0. The number of fused-ring (bicyclic) bond motifs is 1. The molecule has 0 N–H and O–H groups in total. The number of nitrogens with zero attached hydrogens (tertiary/aromatic N) is 2. The van der Waals surface area contributed by atoms with Gasteiger partial charge < -0.3 is 0 Å². The van der Waals surface area contributed by atoms with E-state index in [4.69, 9.17) is 0 Å². The zero-order valence-corrected chi connectivity index (χ0v) is 13.6. The Labute approximate surface area is 133 Å². The van der Waals surface area contributed by atoms with Crippen LogP contribution >= 0.6 is 0 Å². The quantitative estimate of drug-likeness (QED) is 0.841. The van der Waals surface area contributed by atoms with Gasteiger partial charge in [0.1, 0.15) is 0 Å². The third-order valence-electron chi connectivity index (χ3n) is 4.73. The summed E-state index contributed by atoms with van der Waals surface area (Å²) in [5.41, 5.74) is -0.376. The molecule has 8 heteroatoms. The maximum Gasteiger partial charge on any atom is 0.416 e. The normalized spacial score (nSPS) is 26.6. The Balaban J connectivity index is 1.73. The molecule has 0 aromatic heterocycles. The van der Waals surface area contributed by atoms with Gasteiger partial charge in [-0.2, -0.15) is 17.5 Å². The molecule has 2 saturated heterocycles. The Morgan fingerprint density at radius 2 is 1.91 bits per heavy atom. The highest BCUT2D eigenvalue weighted by molar-refractivity contribution is 7.88. The van der Waals surface area contributed by atoms with Gasteiger partial charge in [0.2, 0.25) is 10.0 Å². The third-order valence-corrected chi connectivity index (χ3v) is 6.00. The minimum absolute atomic E-state index is 0.100. The first-order valence-corrected chi connectivity index (χ1v) is 9.35. The van der Waals surface area contributed by atoms with E-state index in [1.165, 1.54) is 22.7 Å². The first-order valence-electron chi connectivity index (χ1n) is 7.50. The lowest BCUT2D eigenvalue weighted by atomic mass is 9.84. The van der Waals surface area contributed by atoms with Crippen LogP contribution in [0.2, 0.25) is 0 Å². The van der Waals surface area contributed by atoms with E-state index in [-0.39, 0.29) is 18.2 Å². The van der Waals surface area contributed by atoms with E-state index < -0.39 is 21.8 Å². The predicted octanol–water partition coefficient (Wildman–Crippen LogP) is 2.17. The molecule has 3 rings (SSSR count). The number of rotatable bonds is 3. The van der Waals surface area contributed by atoms with Gasteiger partial charge in [0.15, 0.2) is 0 Å². The molecule has 128 valence electrons. The summed E-state index contributed by atoms with van der Waals surface area (Å²) < 4.78 is 64.0. The lowest BCUT2D eigenvalue weighted by Crippen LogP contribution is -2.65. The molecular formula is C15H19F3N2O2S. The summed E-state index contributed by atoms with van der Waals surface area (Å²) in [5.74, 6) is 0.332. The standard InChI is InChI=1S/C15H19F3N2O2S/c1-23(21,22)20-9-12-6-7-19(10-14(12)20)8-11-4-2-3-5-13(11)15(16,17)18/h2-5,12,14H,6-10H2,1H3/t12-,14-/m1/s1. The van der Waals surface area contributed by atoms with Crippen molar-refractivity contribution in [1.29, 1.82) is 0 Å². The minimum atomic E-state index is -4.37. The van der Waals surface area contributed by atoms with Gasteiger partial charge in [-0.1, -0.05) is 18.2 Å². The summed E-state index contributed by atoms with van der Waals surface area (Å²) >= 11 is 0. The molecule has 2 atom stereocenters. The molecule has 0 amide bonds. The molecule has 2 aliphatic heterocycles. The van der Waals surface area contributed by atoms with Gasteiger partial charge in [0.25, 0.3) is 0 Å². The molecule has 2 heterocycles. The first kappa shape index (κ1) is 16.7. The minimum Gasteiger partial charge on any atom is -0.297 e.